The van der Waals surface area contributed by atoms with Crippen molar-refractivity contribution in [3.8, 4) is 11.1 Å². The summed E-state index contributed by atoms with van der Waals surface area (Å²) in [5, 5.41) is 0. The largest absolute Gasteiger partial charge is 0.416 e. The molecule has 1 aliphatic heterocycles. The van der Waals surface area contributed by atoms with Gasteiger partial charge in [0.2, 0.25) is 5.91 Å². The molecule has 6 heteroatoms. The van der Waals surface area contributed by atoms with E-state index in [1.54, 1.807) is 6.92 Å². The first-order chi connectivity index (χ1) is 12.8. The van der Waals surface area contributed by atoms with Crippen molar-refractivity contribution in [3.63, 3.8) is 0 Å². The monoisotopic (exact) mass is 376 g/mol. The van der Waals surface area contributed by atoms with Crippen LogP contribution in [0.4, 0.5) is 13.2 Å². The van der Waals surface area contributed by atoms with Crippen LogP contribution in [-0.2, 0) is 11.0 Å². The Labute approximate surface area is 157 Å². The van der Waals surface area contributed by atoms with E-state index in [4.69, 9.17) is 0 Å². The summed E-state index contributed by atoms with van der Waals surface area (Å²) in [7, 11) is 0. The molecule has 1 saturated heterocycles. The lowest BCUT2D eigenvalue weighted by molar-refractivity contribution is -0.137. The number of hydrogen-bond acceptors (Lipinski definition) is 2. The van der Waals surface area contributed by atoms with E-state index in [0.717, 1.165) is 55.0 Å². The summed E-state index contributed by atoms with van der Waals surface area (Å²) in [6.07, 6.45) is -4.32. The van der Waals surface area contributed by atoms with Gasteiger partial charge in [0.05, 0.1) is 5.56 Å². The van der Waals surface area contributed by atoms with Crippen LogP contribution in [-0.4, -0.2) is 41.9 Å². The van der Waals surface area contributed by atoms with E-state index in [9.17, 15) is 18.0 Å². The van der Waals surface area contributed by atoms with Crippen molar-refractivity contribution in [1.29, 1.82) is 0 Å². The fourth-order valence-corrected chi connectivity index (χ4v) is 3.44. The van der Waals surface area contributed by atoms with Gasteiger partial charge in [-0.3, -0.25) is 9.69 Å². The zero-order valence-corrected chi connectivity index (χ0v) is 15.5. The first kappa shape index (κ1) is 19.4. The number of piperazine rings is 1. The molecule has 0 aromatic heterocycles. The molecule has 0 saturated carbocycles. The summed E-state index contributed by atoms with van der Waals surface area (Å²) in [6, 6.07) is 13.4. The lowest BCUT2D eigenvalue weighted by atomic mass is 9.99. The molecule has 1 fully saturated rings. The van der Waals surface area contributed by atoms with Gasteiger partial charge in [0.1, 0.15) is 0 Å². The molecule has 0 bridgehead atoms. The maximum Gasteiger partial charge on any atom is 0.416 e. The van der Waals surface area contributed by atoms with Gasteiger partial charge < -0.3 is 4.90 Å². The summed E-state index contributed by atoms with van der Waals surface area (Å²) in [5.74, 6) is 0.114. The van der Waals surface area contributed by atoms with Gasteiger partial charge in [-0.2, -0.15) is 13.2 Å². The number of amides is 1. The summed E-state index contributed by atoms with van der Waals surface area (Å²) in [6.45, 7) is 6.88. The van der Waals surface area contributed by atoms with Crippen molar-refractivity contribution < 1.29 is 18.0 Å². The van der Waals surface area contributed by atoms with Crippen LogP contribution in [0.15, 0.2) is 48.5 Å². The van der Waals surface area contributed by atoms with Crippen molar-refractivity contribution >= 4 is 5.91 Å². The zero-order valence-electron chi connectivity index (χ0n) is 15.5. The van der Waals surface area contributed by atoms with Crippen LogP contribution in [0.1, 0.15) is 31.0 Å². The van der Waals surface area contributed by atoms with Crippen molar-refractivity contribution in [2.24, 2.45) is 0 Å². The molecule has 1 atom stereocenters. The quantitative estimate of drug-likeness (QED) is 0.782. The van der Waals surface area contributed by atoms with E-state index in [2.05, 4.69) is 11.8 Å². The molecule has 0 spiro atoms. The predicted octanol–water partition coefficient (Wildman–Crippen LogP) is 4.60. The normalized spacial score (nSPS) is 17.0. The second kappa shape index (κ2) is 7.72. The fourth-order valence-electron chi connectivity index (χ4n) is 3.44. The molecule has 0 radical (unpaired) electrons. The third-order valence-electron chi connectivity index (χ3n) is 5.25. The number of carbonyl (C=O) groups is 1. The Bertz CT molecular complexity index is 777. The second-order valence-electron chi connectivity index (χ2n) is 6.92. The number of halogens is 3. The maximum absolute atomic E-state index is 12.7. The average Bonchev–Trinajstić information content (AvgIpc) is 2.67. The molecule has 0 N–H and O–H groups in total. The molecule has 1 amide bonds. The lowest BCUT2D eigenvalue weighted by Gasteiger charge is -2.37. The minimum absolute atomic E-state index is 0.114. The fraction of sp³-hybridized carbons (Fsp3) is 0.381. The smallest absolute Gasteiger partial charge is 0.340 e. The Morgan fingerprint density at radius 2 is 1.37 bits per heavy atom. The van der Waals surface area contributed by atoms with Crippen molar-refractivity contribution in [2.45, 2.75) is 26.1 Å². The van der Waals surface area contributed by atoms with Gasteiger partial charge in [-0.15, -0.1) is 0 Å². The summed E-state index contributed by atoms with van der Waals surface area (Å²) >= 11 is 0. The highest BCUT2D eigenvalue weighted by Gasteiger charge is 2.30. The van der Waals surface area contributed by atoms with Crippen molar-refractivity contribution in [3.05, 3.63) is 59.7 Å². The Kier molecular flexibility index (Phi) is 5.56. The molecule has 2 aromatic carbocycles. The standard InChI is InChI=1S/C21H23F3N2O/c1-15(25-11-13-26(14-12-25)16(2)27)17-3-5-18(6-4-17)19-7-9-20(10-8-19)21(22,23)24/h3-10,15H,11-14H2,1-2H3. The number of carbonyl (C=O) groups excluding carboxylic acids is 1. The lowest BCUT2D eigenvalue weighted by Crippen LogP contribution is -2.48. The number of hydrogen-bond donors (Lipinski definition) is 0. The van der Waals surface area contributed by atoms with Gasteiger partial charge in [0.15, 0.2) is 0 Å². The maximum atomic E-state index is 12.7. The molecule has 3 nitrogen and oxygen atoms in total. The molecule has 3 rings (SSSR count). The highest BCUT2D eigenvalue weighted by molar-refractivity contribution is 5.73. The molecule has 1 heterocycles. The highest BCUT2D eigenvalue weighted by atomic mass is 19.4. The molecular formula is C21H23F3N2O. The molecule has 1 aliphatic rings. The summed E-state index contributed by atoms with van der Waals surface area (Å²) < 4.78 is 38.0. The Morgan fingerprint density at radius 1 is 0.889 bits per heavy atom. The molecule has 144 valence electrons. The third kappa shape index (κ3) is 4.50. The Morgan fingerprint density at radius 3 is 1.81 bits per heavy atom. The van der Waals surface area contributed by atoms with Gasteiger partial charge in [0.25, 0.3) is 0 Å². The highest BCUT2D eigenvalue weighted by Crippen LogP contribution is 2.31. The second-order valence-corrected chi connectivity index (χ2v) is 6.92. The van der Waals surface area contributed by atoms with E-state index in [0.29, 0.717) is 0 Å². The first-order valence-electron chi connectivity index (χ1n) is 9.03. The minimum Gasteiger partial charge on any atom is -0.340 e. The van der Waals surface area contributed by atoms with Crippen LogP contribution in [0.3, 0.4) is 0 Å². The number of benzene rings is 2. The zero-order chi connectivity index (χ0) is 19.6. The molecule has 1 unspecified atom stereocenters. The molecule has 2 aromatic rings. The van der Waals surface area contributed by atoms with Crippen LogP contribution in [0.2, 0.25) is 0 Å². The first-order valence-corrected chi connectivity index (χ1v) is 9.03. The third-order valence-corrected chi connectivity index (χ3v) is 5.25. The van der Waals surface area contributed by atoms with Crippen LogP contribution >= 0.6 is 0 Å². The summed E-state index contributed by atoms with van der Waals surface area (Å²) in [5.41, 5.74) is 2.17. The van der Waals surface area contributed by atoms with Gasteiger partial charge in [0, 0.05) is 39.1 Å². The van der Waals surface area contributed by atoms with Gasteiger partial charge >= 0.3 is 6.18 Å². The van der Waals surface area contributed by atoms with E-state index in [1.807, 2.05) is 29.2 Å². The summed E-state index contributed by atoms with van der Waals surface area (Å²) in [4.78, 5) is 15.6. The van der Waals surface area contributed by atoms with Crippen molar-refractivity contribution in [2.75, 3.05) is 26.2 Å². The Hall–Kier alpha value is -2.34. The van der Waals surface area contributed by atoms with E-state index >= 15 is 0 Å². The topological polar surface area (TPSA) is 23.6 Å². The van der Waals surface area contributed by atoms with Crippen LogP contribution in [0.5, 0.6) is 0 Å². The predicted molar refractivity (Wildman–Crippen MR) is 99.1 cm³/mol. The SMILES string of the molecule is CC(=O)N1CCN(C(C)c2ccc(-c3ccc(C(F)(F)F)cc3)cc2)CC1. The van der Waals surface area contributed by atoms with Crippen LogP contribution in [0, 0.1) is 0 Å². The number of nitrogens with zero attached hydrogens (tertiary/aromatic N) is 2. The van der Waals surface area contributed by atoms with Crippen molar-refractivity contribution in [1.82, 2.24) is 9.80 Å². The number of alkyl halides is 3. The number of rotatable bonds is 3. The van der Waals surface area contributed by atoms with Crippen LogP contribution < -0.4 is 0 Å². The van der Waals surface area contributed by atoms with E-state index < -0.39 is 11.7 Å². The van der Waals surface area contributed by atoms with Gasteiger partial charge in [-0.25, -0.2) is 0 Å². The van der Waals surface area contributed by atoms with E-state index in [1.165, 1.54) is 12.1 Å². The molecular weight excluding hydrogens is 353 g/mol. The van der Waals surface area contributed by atoms with Gasteiger partial charge in [-0.05, 0) is 35.7 Å². The van der Waals surface area contributed by atoms with Gasteiger partial charge in [-0.1, -0.05) is 36.4 Å². The average molecular weight is 376 g/mol. The van der Waals surface area contributed by atoms with E-state index in [-0.39, 0.29) is 11.9 Å². The van der Waals surface area contributed by atoms with Crippen LogP contribution in [0.25, 0.3) is 11.1 Å². The minimum atomic E-state index is -4.32. The molecule has 27 heavy (non-hydrogen) atoms. The Balaban J connectivity index is 1.67. The molecule has 0 aliphatic carbocycles.